The summed E-state index contributed by atoms with van der Waals surface area (Å²) in [6.45, 7) is 7.66. The van der Waals surface area contributed by atoms with E-state index in [1.165, 1.54) is 35.9 Å². The zero-order valence-electron chi connectivity index (χ0n) is 18.0. The van der Waals surface area contributed by atoms with Gasteiger partial charge in [-0.1, -0.05) is 35.9 Å². The summed E-state index contributed by atoms with van der Waals surface area (Å²) in [7, 11) is 0. The van der Waals surface area contributed by atoms with Gasteiger partial charge in [0.2, 0.25) is 5.91 Å². The van der Waals surface area contributed by atoms with Crippen LogP contribution in [0.5, 0.6) is 0 Å². The van der Waals surface area contributed by atoms with E-state index in [1.807, 2.05) is 11.8 Å². The molecule has 168 valence electrons. The summed E-state index contributed by atoms with van der Waals surface area (Å²) in [5, 5.41) is 3.77. The monoisotopic (exact) mass is 464 g/mol. The number of nitrogens with one attached hydrogen (secondary N) is 1. The first-order chi connectivity index (χ1) is 15.0. The normalized spacial score (nSPS) is 25.4. The first kappa shape index (κ1) is 21.6. The molecule has 1 N–H and O–H groups in total. The maximum Gasteiger partial charge on any atom is 0.236 e. The fraction of sp³-hybridized carbons (Fsp3) is 0.609. The number of thioether (sulfide) groups is 1. The van der Waals surface area contributed by atoms with Crippen LogP contribution in [0.2, 0.25) is 5.02 Å². The maximum absolute atomic E-state index is 14.5. The Morgan fingerprint density at radius 2 is 2.00 bits per heavy atom. The number of carbonyl (C=O) groups excluding carboxylic acids is 1. The number of halogens is 2. The minimum Gasteiger partial charge on any atom is -0.372 e. The van der Waals surface area contributed by atoms with E-state index in [1.54, 1.807) is 17.8 Å². The number of benzene rings is 1. The summed E-state index contributed by atoms with van der Waals surface area (Å²) in [4.78, 5) is 20.9. The van der Waals surface area contributed by atoms with Crippen LogP contribution in [-0.2, 0) is 4.79 Å². The van der Waals surface area contributed by atoms with Crippen LogP contribution in [0.1, 0.15) is 42.2 Å². The van der Waals surface area contributed by atoms with Crippen molar-refractivity contribution < 1.29 is 9.18 Å². The molecule has 5 nitrogen and oxygen atoms in total. The molecule has 31 heavy (non-hydrogen) atoms. The summed E-state index contributed by atoms with van der Waals surface area (Å²) in [6.07, 6.45) is 4.85. The van der Waals surface area contributed by atoms with E-state index in [4.69, 9.17) is 11.6 Å². The third-order valence-corrected chi connectivity index (χ3v) is 8.90. The van der Waals surface area contributed by atoms with Crippen molar-refractivity contribution in [3.8, 4) is 0 Å². The van der Waals surface area contributed by atoms with Crippen molar-refractivity contribution in [2.75, 3.05) is 45.8 Å². The number of aryl methyl sites for hydroxylation is 1. The average molecular weight is 465 g/mol. The highest BCUT2D eigenvalue weighted by molar-refractivity contribution is 8.03. The second kappa shape index (κ2) is 8.93. The standard InChI is InChI=1S/C23H30ClFN4OS/c1-15-5-6-17(25)21(22(15)24)23-26-18-7-8-27(13-19(18)31-23)14-20(30)29-11-9-28(10-12-29)16-3-2-4-16/h5-6,16,23,26H,2-4,7-14H2,1H3. The van der Waals surface area contributed by atoms with E-state index < -0.39 is 0 Å². The van der Waals surface area contributed by atoms with Crippen molar-refractivity contribution in [2.45, 2.75) is 44.0 Å². The Kier molecular flexibility index (Phi) is 6.21. The largest absolute Gasteiger partial charge is 0.372 e. The van der Waals surface area contributed by atoms with Gasteiger partial charge in [0.1, 0.15) is 11.2 Å². The summed E-state index contributed by atoms with van der Waals surface area (Å²) >= 11 is 8.06. The number of nitrogens with zero attached hydrogens (tertiary/aromatic N) is 3. The summed E-state index contributed by atoms with van der Waals surface area (Å²) < 4.78 is 14.5. The molecule has 1 atom stereocenters. The zero-order valence-corrected chi connectivity index (χ0v) is 19.6. The Balaban J connectivity index is 1.15. The third kappa shape index (κ3) is 4.34. The van der Waals surface area contributed by atoms with Crippen molar-refractivity contribution in [3.63, 3.8) is 0 Å². The summed E-state index contributed by atoms with van der Waals surface area (Å²) in [6, 6.07) is 3.97. The lowest BCUT2D eigenvalue weighted by atomic mass is 9.91. The molecule has 1 amide bonds. The minimum atomic E-state index is -0.270. The second-order valence-electron chi connectivity index (χ2n) is 9.10. The highest BCUT2D eigenvalue weighted by Crippen LogP contribution is 2.46. The summed E-state index contributed by atoms with van der Waals surface area (Å²) in [5.41, 5.74) is 2.59. The van der Waals surface area contributed by atoms with Crippen LogP contribution >= 0.6 is 23.4 Å². The minimum absolute atomic E-state index is 0.201. The number of hydrogen-bond donors (Lipinski definition) is 1. The molecule has 5 rings (SSSR count). The molecular formula is C23H30ClFN4OS. The lowest BCUT2D eigenvalue weighted by Gasteiger charge is -2.43. The first-order valence-corrected chi connectivity index (χ1v) is 12.6. The number of piperazine rings is 1. The molecule has 3 aliphatic heterocycles. The number of hydrogen-bond acceptors (Lipinski definition) is 5. The van der Waals surface area contributed by atoms with Gasteiger partial charge in [-0.3, -0.25) is 14.6 Å². The summed E-state index contributed by atoms with van der Waals surface area (Å²) in [5.74, 6) is -0.0360. The lowest BCUT2D eigenvalue weighted by molar-refractivity contribution is -0.134. The molecule has 1 unspecified atom stereocenters. The van der Waals surface area contributed by atoms with Crippen LogP contribution in [0.3, 0.4) is 0 Å². The molecule has 2 fully saturated rings. The molecular weight excluding hydrogens is 435 g/mol. The molecule has 0 radical (unpaired) electrons. The molecule has 4 aliphatic rings. The number of amides is 1. The van der Waals surface area contributed by atoms with Crippen molar-refractivity contribution in [1.82, 2.24) is 20.0 Å². The molecule has 0 spiro atoms. The second-order valence-corrected chi connectivity index (χ2v) is 10.7. The van der Waals surface area contributed by atoms with Gasteiger partial charge in [0.25, 0.3) is 0 Å². The van der Waals surface area contributed by atoms with E-state index in [-0.39, 0.29) is 17.1 Å². The van der Waals surface area contributed by atoms with Gasteiger partial charge in [-0.25, -0.2) is 4.39 Å². The molecule has 0 bridgehead atoms. The maximum atomic E-state index is 14.5. The Labute approximate surface area is 193 Å². The Bertz CT molecular complexity index is 898. The molecule has 1 saturated heterocycles. The predicted molar refractivity (Wildman–Crippen MR) is 123 cm³/mol. The van der Waals surface area contributed by atoms with Crippen molar-refractivity contribution >= 4 is 29.3 Å². The molecule has 0 aromatic heterocycles. The van der Waals surface area contributed by atoms with Crippen LogP contribution in [0.15, 0.2) is 22.7 Å². The van der Waals surface area contributed by atoms with Crippen LogP contribution in [-0.4, -0.2) is 72.5 Å². The van der Waals surface area contributed by atoms with Crippen LogP contribution in [0, 0.1) is 12.7 Å². The van der Waals surface area contributed by atoms with Gasteiger partial charge in [-0.15, -0.1) is 0 Å². The smallest absolute Gasteiger partial charge is 0.236 e. The van der Waals surface area contributed by atoms with Gasteiger partial charge in [-0.05, 0) is 31.4 Å². The van der Waals surface area contributed by atoms with Gasteiger partial charge in [0.15, 0.2) is 0 Å². The Morgan fingerprint density at radius 1 is 1.23 bits per heavy atom. The fourth-order valence-electron chi connectivity index (χ4n) is 4.94. The van der Waals surface area contributed by atoms with Crippen molar-refractivity contribution in [3.05, 3.63) is 44.7 Å². The quantitative estimate of drug-likeness (QED) is 0.735. The third-order valence-electron chi connectivity index (χ3n) is 7.15. The van der Waals surface area contributed by atoms with Gasteiger partial charge in [0.05, 0.1) is 11.6 Å². The average Bonchev–Trinajstić information content (AvgIpc) is 3.13. The van der Waals surface area contributed by atoms with Gasteiger partial charge in [0, 0.05) is 67.9 Å². The molecule has 1 saturated carbocycles. The Hall–Kier alpha value is -1.28. The van der Waals surface area contributed by atoms with E-state index in [9.17, 15) is 9.18 Å². The molecule has 1 aliphatic carbocycles. The van der Waals surface area contributed by atoms with E-state index >= 15 is 0 Å². The SMILES string of the molecule is Cc1ccc(F)c(C2NC3=C(CN(CC(=O)N4CCN(C5CCC5)CC4)CC3)S2)c1Cl. The molecule has 1 aromatic rings. The zero-order chi connectivity index (χ0) is 21.5. The molecule has 1 aromatic carbocycles. The van der Waals surface area contributed by atoms with E-state index in [0.29, 0.717) is 17.1 Å². The lowest BCUT2D eigenvalue weighted by Crippen LogP contribution is -2.55. The van der Waals surface area contributed by atoms with Crippen molar-refractivity contribution in [2.24, 2.45) is 0 Å². The van der Waals surface area contributed by atoms with Crippen LogP contribution in [0.25, 0.3) is 0 Å². The fourth-order valence-corrected chi connectivity index (χ4v) is 6.66. The number of rotatable bonds is 4. The predicted octanol–water partition coefficient (Wildman–Crippen LogP) is 3.74. The molecule has 3 heterocycles. The van der Waals surface area contributed by atoms with Crippen molar-refractivity contribution in [1.29, 1.82) is 0 Å². The van der Waals surface area contributed by atoms with Gasteiger partial charge in [-0.2, -0.15) is 0 Å². The number of carbonyl (C=O) groups is 1. The Morgan fingerprint density at radius 3 is 2.71 bits per heavy atom. The molecule has 8 heteroatoms. The highest BCUT2D eigenvalue weighted by Gasteiger charge is 2.34. The highest BCUT2D eigenvalue weighted by atomic mass is 35.5. The van der Waals surface area contributed by atoms with Gasteiger partial charge >= 0.3 is 0 Å². The van der Waals surface area contributed by atoms with E-state index in [2.05, 4.69) is 15.1 Å². The van der Waals surface area contributed by atoms with Crippen LogP contribution < -0.4 is 5.32 Å². The van der Waals surface area contributed by atoms with E-state index in [0.717, 1.165) is 57.3 Å². The first-order valence-electron chi connectivity index (χ1n) is 11.3. The topological polar surface area (TPSA) is 38.8 Å². The van der Waals surface area contributed by atoms with Gasteiger partial charge < -0.3 is 10.2 Å². The van der Waals surface area contributed by atoms with Crippen LogP contribution in [0.4, 0.5) is 4.39 Å².